The standard InChI is InChI=1S/C17H24N2OS/c1-3-10-19-17(12-18,15-7-5-4-6-8-15)13-21-16-9-11-20-14(16)2/h4-8,14,16,19H,3,9-11,13H2,1-2H3. The zero-order valence-corrected chi connectivity index (χ0v) is 13.7. The van der Waals surface area contributed by atoms with Crippen molar-refractivity contribution in [3.63, 3.8) is 0 Å². The second-order valence-corrected chi connectivity index (χ2v) is 6.75. The third-order valence-electron chi connectivity index (χ3n) is 3.95. The van der Waals surface area contributed by atoms with Crippen LogP contribution < -0.4 is 5.32 Å². The Morgan fingerprint density at radius 3 is 2.76 bits per heavy atom. The Labute approximate surface area is 132 Å². The molecular formula is C17H24N2OS. The zero-order valence-electron chi connectivity index (χ0n) is 12.8. The predicted molar refractivity (Wildman–Crippen MR) is 88.3 cm³/mol. The van der Waals surface area contributed by atoms with E-state index in [0.29, 0.717) is 5.25 Å². The Morgan fingerprint density at radius 2 is 2.19 bits per heavy atom. The van der Waals surface area contributed by atoms with E-state index < -0.39 is 5.54 Å². The van der Waals surface area contributed by atoms with E-state index in [-0.39, 0.29) is 6.10 Å². The average molecular weight is 304 g/mol. The molecule has 3 nitrogen and oxygen atoms in total. The highest BCUT2D eigenvalue weighted by Crippen LogP contribution is 2.32. The molecule has 3 unspecified atom stereocenters. The molecule has 0 aliphatic carbocycles. The number of hydrogen-bond acceptors (Lipinski definition) is 4. The van der Waals surface area contributed by atoms with E-state index >= 15 is 0 Å². The molecule has 0 bridgehead atoms. The number of thioether (sulfide) groups is 1. The van der Waals surface area contributed by atoms with Crippen LogP contribution in [0.15, 0.2) is 30.3 Å². The maximum atomic E-state index is 9.84. The van der Waals surface area contributed by atoms with E-state index in [1.165, 1.54) is 0 Å². The van der Waals surface area contributed by atoms with Gasteiger partial charge in [0.15, 0.2) is 0 Å². The van der Waals surface area contributed by atoms with E-state index in [1.54, 1.807) is 0 Å². The second-order valence-electron chi connectivity index (χ2n) is 5.52. The Morgan fingerprint density at radius 1 is 1.43 bits per heavy atom. The molecule has 1 fully saturated rings. The summed E-state index contributed by atoms with van der Waals surface area (Å²) in [5.41, 5.74) is 0.449. The third kappa shape index (κ3) is 4.00. The van der Waals surface area contributed by atoms with Crippen molar-refractivity contribution in [3.05, 3.63) is 35.9 Å². The number of nitriles is 1. The first-order valence-corrected chi connectivity index (χ1v) is 8.71. The fraction of sp³-hybridized carbons (Fsp3) is 0.588. The molecule has 4 heteroatoms. The maximum absolute atomic E-state index is 9.84. The Bertz CT molecular complexity index is 473. The summed E-state index contributed by atoms with van der Waals surface area (Å²) in [6.45, 7) is 5.94. The van der Waals surface area contributed by atoms with Crippen LogP contribution in [0.4, 0.5) is 0 Å². The van der Waals surface area contributed by atoms with Gasteiger partial charge >= 0.3 is 0 Å². The molecule has 1 aromatic carbocycles. The summed E-state index contributed by atoms with van der Waals surface area (Å²) in [6.07, 6.45) is 2.38. The van der Waals surface area contributed by atoms with Crippen molar-refractivity contribution in [2.24, 2.45) is 0 Å². The highest BCUT2D eigenvalue weighted by Gasteiger charge is 2.34. The maximum Gasteiger partial charge on any atom is 0.141 e. The van der Waals surface area contributed by atoms with Gasteiger partial charge in [-0.25, -0.2) is 0 Å². The lowest BCUT2D eigenvalue weighted by atomic mass is 9.93. The quantitative estimate of drug-likeness (QED) is 0.839. The molecule has 21 heavy (non-hydrogen) atoms. The number of benzene rings is 1. The molecule has 1 aliphatic rings. The summed E-state index contributed by atoms with van der Waals surface area (Å²) < 4.78 is 5.63. The van der Waals surface area contributed by atoms with Crippen molar-refractivity contribution in [2.45, 2.75) is 43.6 Å². The van der Waals surface area contributed by atoms with Crippen molar-refractivity contribution in [3.8, 4) is 6.07 Å². The Hall–Kier alpha value is -1.02. The van der Waals surface area contributed by atoms with Gasteiger partial charge in [-0.15, -0.1) is 0 Å². The number of rotatable bonds is 7. The molecule has 0 amide bonds. The van der Waals surface area contributed by atoms with Crippen LogP contribution in [0, 0.1) is 11.3 Å². The van der Waals surface area contributed by atoms with E-state index in [2.05, 4.69) is 25.2 Å². The van der Waals surface area contributed by atoms with Gasteiger partial charge in [0.25, 0.3) is 0 Å². The Balaban J connectivity index is 2.13. The summed E-state index contributed by atoms with van der Waals surface area (Å²) in [7, 11) is 0. The Kier molecular flexibility index (Phi) is 6.10. The molecule has 0 saturated carbocycles. The minimum absolute atomic E-state index is 0.286. The zero-order chi connectivity index (χ0) is 15.1. The van der Waals surface area contributed by atoms with Crippen LogP contribution in [0.5, 0.6) is 0 Å². The number of nitrogens with one attached hydrogen (secondary N) is 1. The molecule has 1 aromatic rings. The van der Waals surface area contributed by atoms with Crippen LogP contribution in [0.25, 0.3) is 0 Å². The molecule has 0 aromatic heterocycles. The van der Waals surface area contributed by atoms with Gasteiger partial charge in [0, 0.05) is 17.6 Å². The lowest BCUT2D eigenvalue weighted by molar-refractivity contribution is 0.127. The fourth-order valence-electron chi connectivity index (χ4n) is 2.60. The summed E-state index contributed by atoms with van der Waals surface area (Å²) >= 11 is 1.86. The van der Waals surface area contributed by atoms with Gasteiger partial charge in [0.05, 0.1) is 12.2 Å². The fourth-order valence-corrected chi connectivity index (χ4v) is 4.01. The number of ether oxygens (including phenoxy) is 1. The summed E-state index contributed by atoms with van der Waals surface area (Å²) in [5, 5.41) is 13.8. The van der Waals surface area contributed by atoms with E-state index in [1.807, 2.05) is 42.1 Å². The van der Waals surface area contributed by atoms with Crippen molar-refractivity contribution >= 4 is 11.8 Å². The number of nitrogens with zero attached hydrogens (tertiary/aromatic N) is 1. The second kappa shape index (κ2) is 7.84. The van der Waals surface area contributed by atoms with Crippen LogP contribution >= 0.6 is 11.8 Å². The van der Waals surface area contributed by atoms with E-state index in [9.17, 15) is 5.26 Å². The SMILES string of the molecule is CCCNC(C#N)(CSC1CCOC1C)c1ccccc1. The van der Waals surface area contributed by atoms with Gasteiger partial charge in [-0.1, -0.05) is 37.3 Å². The topological polar surface area (TPSA) is 45.0 Å². The normalized spacial score (nSPS) is 24.4. The lowest BCUT2D eigenvalue weighted by Crippen LogP contribution is -2.44. The molecule has 0 spiro atoms. The van der Waals surface area contributed by atoms with Crippen LogP contribution in [-0.4, -0.2) is 30.3 Å². The van der Waals surface area contributed by atoms with Crippen LogP contribution in [-0.2, 0) is 10.3 Å². The molecule has 0 radical (unpaired) electrons. The molecular weight excluding hydrogens is 280 g/mol. The minimum Gasteiger partial charge on any atom is -0.377 e. The summed E-state index contributed by atoms with van der Waals surface area (Å²) in [5.74, 6) is 0.756. The molecule has 114 valence electrons. The summed E-state index contributed by atoms with van der Waals surface area (Å²) in [6, 6.07) is 12.6. The van der Waals surface area contributed by atoms with Crippen molar-refractivity contribution < 1.29 is 4.74 Å². The van der Waals surface area contributed by atoms with Gasteiger partial charge in [-0.05, 0) is 31.9 Å². The monoisotopic (exact) mass is 304 g/mol. The predicted octanol–water partition coefficient (Wildman–Crippen LogP) is 3.32. The van der Waals surface area contributed by atoms with Gasteiger partial charge in [0.2, 0.25) is 0 Å². The molecule has 2 rings (SSSR count). The molecule has 1 saturated heterocycles. The van der Waals surface area contributed by atoms with Crippen molar-refractivity contribution in [1.82, 2.24) is 5.32 Å². The highest BCUT2D eigenvalue weighted by atomic mass is 32.2. The molecule has 3 atom stereocenters. The first-order chi connectivity index (χ1) is 10.2. The van der Waals surface area contributed by atoms with Crippen LogP contribution in [0.3, 0.4) is 0 Å². The van der Waals surface area contributed by atoms with Crippen molar-refractivity contribution in [1.29, 1.82) is 5.26 Å². The van der Waals surface area contributed by atoms with Crippen LogP contribution in [0.2, 0.25) is 0 Å². The summed E-state index contributed by atoms with van der Waals surface area (Å²) in [4.78, 5) is 0. The first-order valence-electron chi connectivity index (χ1n) is 7.67. The van der Waals surface area contributed by atoms with Crippen LogP contribution in [0.1, 0.15) is 32.3 Å². The minimum atomic E-state index is -0.607. The molecule has 1 aliphatic heterocycles. The van der Waals surface area contributed by atoms with Gasteiger partial charge in [-0.3, -0.25) is 5.32 Å². The smallest absolute Gasteiger partial charge is 0.141 e. The van der Waals surface area contributed by atoms with Crippen molar-refractivity contribution in [2.75, 3.05) is 18.9 Å². The first kappa shape index (κ1) is 16.4. The van der Waals surface area contributed by atoms with E-state index in [4.69, 9.17) is 4.74 Å². The van der Waals surface area contributed by atoms with Gasteiger partial charge in [-0.2, -0.15) is 17.0 Å². The third-order valence-corrected chi connectivity index (χ3v) is 5.60. The molecule has 1 N–H and O–H groups in total. The van der Waals surface area contributed by atoms with Gasteiger partial charge in [0.1, 0.15) is 5.54 Å². The molecule has 1 heterocycles. The average Bonchev–Trinajstić information content (AvgIpc) is 2.94. The largest absolute Gasteiger partial charge is 0.377 e. The van der Waals surface area contributed by atoms with E-state index in [0.717, 1.165) is 37.3 Å². The van der Waals surface area contributed by atoms with Gasteiger partial charge < -0.3 is 4.74 Å². The number of hydrogen-bond donors (Lipinski definition) is 1. The lowest BCUT2D eigenvalue weighted by Gasteiger charge is -2.29. The highest BCUT2D eigenvalue weighted by molar-refractivity contribution is 8.00.